The van der Waals surface area contributed by atoms with Crippen LogP contribution in [0.25, 0.3) is 26.6 Å². The van der Waals surface area contributed by atoms with E-state index in [2.05, 4.69) is 26.5 Å². The van der Waals surface area contributed by atoms with Gasteiger partial charge in [0.05, 0.1) is 17.3 Å². The van der Waals surface area contributed by atoms with Crippen LogP contribution in [0.3, 0.4) is 0 Å². The first kappa shape index (κ1) is 13.4. The van der Waals surface area contributed by atoms with Gasteiger partial charge in [0.25, 0.3) is 0 Å². The van der Waals surface area contributed by atoms with Gasteiger partial charge in [-0.25, -0.2) is 0 Å². The molecule has 0 radical (unpaired) electrons. The summed E-state index contributed by atoms with van der Waals surface area (Å²) in [6.45, 7) is 0. The minimum absolute atomic E-state index is 0.359. The van der Waals surface area contributed by atoms with Crippen LogP contribution in [0, 0.1) is 4.77 Å². The van der Waals surface area contributed by atoms with Gasteiger partial charge in [-0.3, -0.25) is 4.40 Å². The normalized spacial score (nSPS) is 11.1. The zero-order chi connectivity index (χ0) is 15.1. The van der Waals surface area contributed by atoms with E-state index in [0.717, 1.165) is 32.3 Å². The van der Waals surface area contributed by atoms with E-state index in [1.807, 2.05) is 36.4 Å². The monoisotopic (exact) mass is 325 g/mol. The van der Waals surface area contributed by atoms with E-state index in [4.69, 9.17) is 17.0 Å². The summed E-state index contributed by atoms with van der Waals surface area (Å²) >= 11 is 6.84. The predicted molar refractivity (Wildman–Crippen MR) is 91.2 cm³/mol. The third kappa shape index (κ3) is 2.08. The summed E-state index contributed by atoms with van der Waals surface area (Å²) in [6.07, 6.45) is 0. The van der Waals surface area contributed by atoms with Crippen molar-refractivity contribution in [2.75, 3.05) is 7.11 Å². The van der Waals surface area contributed by atoms with Crippen LogP contribution in [-0.2, 0) is 0 Å². The van der Waals surface area contributed by atoms with E-state index in [-0.39, 0.29) is 0 Å². The lowest BCUT2D eigenvalue weighted by atomic mass is 10.2. The van der Waals surface area contributed by atoms with Gasteiger partial charge in [-0.15, -0.1) is 0 Å². The summed E-state index contributed by atoms with van der Waals surface area (Å²) in [6, 6.07) is 16.0. The van der Waals surface area contributed by atoms with Crippen molar-refractivity contribution in [3.05, 3.63) is 53.3 Å². The maximum absolute atomic E-state index is 5.23. The predicted octanol–water partition coefficient (Wildman–Crippen LogP) is 4.35. The summed E-state index contributed by atoms with van der Waals surface area (Å²) in [7, 11) is 1.65. The van der Waals surface area contributed by atoms with Crippen molar-refractivity contribution in [3.63, 3.8) is 0 Å². The maximum atomic E-state index is 5.23. The molecule has 0 N–H and O–H groups in total. The Balaban J connectivity index is 2.08. The molecule has 0 aliphatic heterocycles. The van der Waals surface area contributed by atoms with E-state index in [1.165, 1.54) is 0 Å². The van der Waals surface area contributed by atoms with Crippen LogP contribution in [0.15, 0.2) is 48.5 Å². The molecule has 0 aliphatic carbocycles. The molecule has 4 rings (SSSR count). The van der Waals surface area contributed by atoms with E-state index < -0.39 is 0 Å². The van der Waals surface area contributed by atoms with Crippen LogP contribution < -0.4 is 4.74 Å². The number of nitrogens with zero attached hydrogens (tertiary/aromatic N) is 3. The Morgan fingerprint density at radius 1 is 1.05 bits per heavy atom. The van der Waals surface area contributed by atoms with Gasteiger partial charge < -0.3 is 4.74 Å². The molecule has 6 heteroatoms. The lowest BCUT2D eigenvalue weighted by Gasteiger charge is -2.06. The van der Waals surface area contributed by atoms with E-state index in [1.54, 1.807) is 18.4 Å². The third-order valence-electron chi connectivity index (χ3n) is 3.45. The zero-order valence-corrected chi connectivity index (χ0v) is 13.3. The van der Waals surface area contributed by atoms with Gasteiger partial charge in [-0.2, -0.15) is 9.97 Å². The van der Waals surface area contributed by atoms with Crippen molar-refractivity contribution in [3.8, 4) is 17.1 Å². The lowest BCUT2D eigenvalue weighted by molar-refractivity contribution is 0.415. The molecule has 0 amide bonds. The molecule has 0 atom stereocenters. The summed E-state index contributed by atoms with van der Waals surface area (Å²) < 4.78 is 8.78. The van der Waals surface area contributed by atoms with Crippen molar-refractivity contribution in [2.45, 2.75) is 0 Å². The zero-order valence-electron chi connectivity index (χ0n) is 11.7. The second-order valence-corrected chi connectivity index (χ2v) is 6.12. The molecule has 0 fully saturated rings. The van der Waals surface area contributed by atoms with Crippen molar-refractivity contribution < 1.29 is 4.74 Å². The molecule has 2 aromatic heterocycles. The molecule has 0 unspecified atom stereocenters. The highest BCUT2D eigenvalue weighted by Crippen LogP contribution is 2.29. The van der Waals surface area contributed by atoms with Crippen LogP contribution >= 0.6 is 23.6 Å². The summed E-state index contributed by atoms with van der Waals surface area (Å²) in [5, 5.41) is 0. The highest BCUT2D eigenvalue weighted by atomic mass is 32.1. The molecule has 4 aromatic rings. The van der Waals surface area contributed by atoms with Gasteiger partial charge in [0, 0.05) is 5.56 Å². The van der Waals surface area contributed by atoms with Crippen LogP contribution in [0.4, 0.5) is 0 Å². The SMILES string of the molecule is COc1ccc(-c2nc(=S)nc3sc4ccccc4n23)cc1. The average Bonchev–Trinajstić information content (AvgIpc) is 2.92. The van der Waals surface area contributed by atoms with Gasteiger partial charge >= 0.3 is 0 Å². The van der Waals surface area contributed by atoms with Gasteiger partial charge in [0.1, 0.15) is 11.6 Å². The first-order valence-electron chi connectivity index (χ1n) is 6.69. The van der Waals surface area contributed by atoms with Crippen molar-refractivity contribution >= 4 is 38.7 Å². The summed E-state index contributed by atoms with van der Waals surface area (Å²) in [5.41, 5.74) is 2.07. The standard InChI is InChI=1S/C16H11N3OS2/c1-20-11-8-6-10(7-9-11)14-17-15(21)18-16-19(14)12-4-2-3-5-13(12)22-16/h2-9H,1H3. The van der Waals surface area contributed by atoms with E-state index >= 15 is 0 Å². The van der Waals surface area contributed by atoms with Gasteiger partial charge in [-0.05, 0) is 48.6 Å². The lowest BCUT2D eigenvalue weighted by Crippen LogP contribution is -1.98. The minimum Gasteiger partial charge on any atom is -0.497 e. The average molecular weight is 325 g/mol. The number of thiazole rings is 1. The number of fused-ring (bicyclic) bond motifs is 3. The molecule has 0 aliphatic rings. The van der Waals surface area contributed by atoms with E-state index in [9.17, 15) is 0 Å². The molecular weight excluding hydrogens is 314 g/mol. The molecule has 0 saturated heterocycles. The second-order valence-electron chi connectivity index (χ2n) is 4.75. The van der Waals surface area contributed by atoms with Crippen LogP contribution in [0.5, 0.6) is 5.75 Å². The Kier molecular flexibility index (Phi) is 3.13. The molecular formula is C16H11N3OS2. The third-order valence-corrected chi connectivity index (χ3v) is 4.66. The van der Waals surface area contributed by atoms with Gasteiger partial charge in [0.15, 0.2) is 4.96 Å². The second kappa shape index (κ2) is 5.15. The Bertz CT molecular complexity index is 1030. The largest absolute Gasteiger partial charge is 0.497 e. The molecule has 0 saturated carbocycles. The topological polar surface area (TPSA) is 39.4 Å². The molecule has 2 aromatic carbocycles. The fraction of sp³-hybridized carbons (Fsp3) is 0.0625. The number of hydrogen-bond donors (Lipinski definition) is 0. The fourth-order valence-corrected chi connectivity index (χ4v) is 3.68. The van der Waals surface area contributed by atoms with Crippen molar-refractivity contribution in [1.82, 2.24) is 14.4 Å². The number of ether oxygens (including phenoxy) is 1. The molecule has 4 nitrogen and oxygen atoms in total. The van der Waals surface area contributed by atoms with Gasteiger partial charge in [-0.1, -0.05) is 23.5 Å². The molecule has 0 spiro atoms. The smallest absolute Gasteiger partial charge is 0.223 e. The van der Waals surface area contributed by atoms with Crippen LogP contribution in [0.1, 0.15) is 0 Å². The molecule has 2 heterocycles. The maximum Gasteiger partial charge on any atom is 0.223 e. The Hall–Kier alpha value is -2.31. The Morgan fingerprint density at radius 3 is 2.59 bits per heavy atom. The van der Waals surface area contributed by atoms with Gasteiger partial charge in [0.2, 0.25) is 4.77 Å². The summed E-state index contributed by atoms with van der Waals surface area (Å²) in [4.78, 5) is 9.73. The van der Waals surface area contributed by atoms with Crippen LogP contribution in [0.2, 0.25) is 0 Å². The first-order chi connectivity index (χ1) is 10.8. The number of para-hydroxylation sites is 1. The number of methoxy groups -OCH3 is 1. The number of benzene rings is 2. The fourth-order valence-electron chi connectivity index (χ4n) is 2.43. The highest BCUT2D eigenvalue weighted by molar-refractivity contribution is 7.71. The van der Waals surface area contributed by atoms with E-state index in [0.29, 0.717) is 4.77 Å². The van der Waals surface area contributed by atoms with Crippen molar-refractivity contribution in [1.29, 1.82) is 0 Å². The summed E-state index contributed by atoms with van der Waals surface area (Å²) in [5.74, 6) is 1.61. The molecule has 22 heavy (non-hydrogen) atoms. The highest BCUT2D eigenvalue weighted by Gasteiger charge is 2.12. The first-order valence-corrected chi connectivity index (χ1v) is 7.91. The number of rotatable bonds is 2. The molecule has 0 bridgehead atoms. The number of aromatic nitrogens is 3. The minimum atomic E-state index is 0.359. The quantitative estimate of drug-likeness (QED) is 0.514. The Labute approximate surface area is 135 Å². The van der Waals surface area contributed by atoms with Crippen LogP contribution in [-0.4, -0.2) is 21.5 Å². The molecule has 108 valence electrons. The number of hydrogen-bond acceptors (Lipinski definition) is 5. The van der Waals surface area contributed by atoms with Crippen molar-refractivity contribution in [2.24, 2.45) is 0 Å². The Morgan fingerprint density at radius 2 is 1.82 bits per heavy atom.